The van der Waals surface area contributed by atoms with E-state index in [-0.39, 0.29) is 11.9 Å². The van der Waals surface area contributed by atoms with Crippen LogP contribution in [0, 0.1) is 5.82 Å². The van der Waals surface area contributed by atoms with E-state index in [1.54, 1.807) is 56.5 Å². The Morgan fingerprint density at radius 2 is 1.67 bits per heavy atom. The van der Waals surface area contributed by atoms with Crippen LogP contribution in [0.2, 0.25) is 0 Å². The van der Waals surface area contributed by atoms with E-state index in [0.717, 1.165) is 17.6 Å². The first kappa shape index (κ1) is 23.0. The third kappa shape index (κ3) is 5.11. The molecule has 3 aromatic rings. The first-order chi connectivity index (χ1) is 16.1. The number of methoxy groups -OCH3 is 3. The molecule has 1 aliphatic rings. The molecule has 0 saturated heterocycles. The first-order valence-corrected chi connectivity index (χ1v) is 11.9. The zero-order valence-electron chi connectivity index (χ0n) is 19.1. The fourth-order valence-corrected chi connectivity index (χ4v) is 4.89. The van der Waals surface area contributed by atoms with Crippen molar-refractivity contribution in [3.63, 3.8) is 0 Å². The minimum atomic E-state index is -0.299. The second-order valence-electron chi connectivity index (χ2n) is 7.81. The molecule has 0 radical (unpaired) electrons. The molecule has 1 aromatic heterocycles. The smallest absolute Gasteiger partial charge is 0.206 e. The summed E-state index contributed by atoms with van der Waals surface area (Å²) >= 11 is 1.47. The van der Waals surface area contributed by atoms with Gasteiger partial charge in [-0.3, -0.25) is 4.99 Å². The fourth-order valence-electron chi connectivity index (χ4n) is 3.99. The average Bonchev–Trinajstić information content (AvgIpc) is 3.24. The van der Waals surface area contributed by atoms with E-state index in [1.165, 1.54) is 36.7 Å². The minimum absolute atomic E-state index is 0.267. The van der Waals surface area contributed by atoms with Crippen molar-refractivity contribution >= 4 is 17.6 Å². The van der Waals surface area contributed by atoms with E-state index in [0.29, 0.717) is 34.1 Å². The van der Waals surface area contributed by atoms with Crippen LogP contribution in [0.5, 0.6) is 17.2 Å². The molecule has 0 N–H and O–H groups in total. The van der Waals surface area contributed by atoms with E-state index in [1.807, 2.05) is 11.4 Å². The van der Waals surface area contributed by atoms with Crippen molar-refractivity contribution in [2.24, 2.45) is 10.1 Å². The number of ether oxygens (including phenoxy) is 3. The van der Waals surface area contributed by atoms with Gasteiger partial charge in [0.25, 0.3) is 0 Å². The largest absolute Gasteiger partial charge is 0.496 e. The lowest BCUT2D eigenvalue weighted by atomic mass is 9.96. The maximum atomic E-state index is 14.6. The quantitative estimate of drug-likeness (QED) is 0.430. The van der Waals surface area contributed by atoms with Crippen molar-refractivity contribution in [1.82, 2.24) is 4.68 Å². The number of hydrogen-bond acceptors (Lipinski definition) is 6. The van der Waals surface area contributed by atoms with Crippen molar-refractivity contribution in [2.45, 2.75) is 38.1 Å². The van der Waals surface area contributed by atoms with Crippen LogP contribution in [0.3, 0.4) is 0 Å². The molecule has 0 spiro atoms. The molecule has 1 saturated carbocycles. The molecular weight excluding hydrogens is 441 g/mol. The van der Waals surface area contributed by atoms with Gasteiger partial charge in [-0.25, -0.2) is 9.07 Å². The Labute approximate surface area is 197 Å². The predicted octanol–water partition coefficient (Wildman–Crippen LogP) is 5.50. The fraction of sp³-hybridized carbons (Fsp3) is 0.360. The molecule has 33 heavy (non-hydrogen) atoms. The summed E-state index contributed by atoms with van der Waals surface area (Å²) in [7, 11) is 4.74. The number of rotatable bonds is 7. The van der Waals surface area contributed by atoms with Gasteiger partial charge in [-0.1, -0.05) is 31.4 Å². The van der Waals surface area contributed by atoms with Gasteiger partial charge in [-0.15, -0.1) is 11.3 Å². The van der Waals surface area contributed by atoms with Crippen molar-refractivity contribution in [3.8, 4) is 28.5 Å². The number of aromatic nitrogens is 1. The highest BCUT2D eigenvalue weighted by molar-refractivity contribution is 7.07. The molecule has 0 bridgehead atoms. The molecule has 1 aliphatic carbocycles. The van der Waals surface area contributed by atoms with E-state index in [9.17, 15) is 4.39 Å². The molecule has 0 aliphatic heterocycles. The van der Waals surface area contributed by atoms with Gasteiger partial charge in [0.15, 0.2) is 11.5 Å². The minimum Gasteiger partial charge on any atom is -0.496 e. The van der Waals surface area contributed by atoms with Crippen LogP contribution in [0.15, 0.2) is 51.9 Å². The first-order valence-electron chi connectivity index (χ1n) is 11.0. The summed E-state index contributed by atoms with van der Waals surface area (Å²) in [5.74, 6) is 1.42. The molecule has 0 amide bonds. The summed E-state index contributed by atoms with van der Waals surface area (Å²) in [6, 6.07) is 10.5. The van der Waals surface area contributed by atoms with Gasteiger partial charge in [0.2, 0.25) is 4.80 Å². The second kappa shape index (κ2) is 10.7. The van der Waals surface area contributed by atoms with Gasteiger partial charge >= 0.3 is 0 Å². The van der Waals surface area contributed by atoms with E-state index >= 15 is 0 Å². The lowest BCUT2D eigenvalue weighted by Gasteiger charge is -2.17. The third-order valence-corrected chi connectivity index (χ3v) is 6.58. The summed E-state index contributed by atoms with van der Waals surface area (Å²) < 4.78 is 32.7. The molecule has 6 nitrogen and oxygen atoms in total. The lowest BCUT2D eigenvalue weighted by Crippen LogP contribution is -2.19. The Morgan fingerprint density at radius 1 is 0.970 bits per heavy atom. The van der Waals surface area contributed by atoms with Gasteiger partial charge in [0.05, 0.1) is 39.3 Å². The predicted molar refractivity (Wildman–Crippen MR) is 129 cm³/mol. The Balaban J connectivity index is 1.82. The van der Waals surface area contributed by atoms with Crippen molar-refractivity contribution in [3.05, 3.63) is 58.0 Å². The molecule has 0 atom stereocenters. The zero-order valence-corrected chi connectivity index (χ0v) is 19.9. The molecule has 4 rings (SSSR count). The number of nitrogens with zero attached hydrogens (tertiary/aromatic N) is 3. The van der Waals surface area contributed by atoms with Crippen LogP contribution in [0.4, 0.5) is 4.39 Å². The summed E-state index contributed by atoms with van der Waals surface area (Å²) in [5, 5.41) is 6.63. The summed E-state index contributed by atoms with van der Waals surface area (Å²) in [6.07, 6.45) is 7.45. The normalized spacial score (nSPS) is 15.2. The molecule has 8 heteroatoms. The second-order valence-corrected chi connectivity index (χ2v) is 8.65. The molecule has 174 valence electrons. The monoisotopic (exact) mass is 469 g/mol. The highest BCUT2D eigenvalue weighted by Gasteiger charge is 2.16. The lowest BCUT2D eigenvalue weighted by molar-refractivity contribution is 0.349. The number of benzene rings is 2. The SMILES string of the molecule is COc1cc(OC)c(OC)cc1C=Nn1c(-c2ccccc2F)csc1=NC1CCCCC1. The van der Waals surface area contributed by atoms with Gasteiger partial charge in [-0.05, 0) is 31.0 Å². The molecule has 1 heterocycles. The molecule has 2 aromatic carbocycles. The Hall–Kier alpha value is -3.13. The Kier molecular flexibility index (Phi) is 7.44. The van der Waals surface area contributed by atoms with E-state index in [2.05, 4.69) is 0 Å². The highest BCUT2D eigenvalue weighted by Crippen LogP contribution is 2.34. The molecule has 1 fully saturated rings. The average molecular weight is 470 g/mol. The van der Waals surface area contributed by atoms with Crippen molar-refractivity contribution in [1.29, 1.82) is 0 Å². The van der Waals surface area contributed by atoms with Crippen molar-refractivity contribution < 1.29 is 18.6 Å². The number of halogens is 1. The maximum Gasteiger partial charge on any atom is 0.206 e. The number of hydrogen-bond donors (Lipinski definition) is 0. The third-order valence-electron chi connectivity index (χ3n) is 5.75. The van der Waals surface area contributed by atoms with Crippen LogP contribution >= 0.6 is 11.3 Å². The van der Waals surface area contributed by atoms with Crippen LogP contribution in [-0.2, 0) is 0 Å². The van der Waals surface area contributed by atoms with Crippen LogP contribution in [-0.4, -0.2) is 38.3 Å². The number of thiazole rings is 1. The van der Waals surface area contributed by atoms with Gasteiger partial charge < -0.3 is 14.2 Å². The maximum absolute atomic E-state index is 14.6. The van der Waals surface area contributed by atoms with Gasteiger partial charge in [0.1, 0.15) is 11.6 Å². The van der Waals surface area contributed by atoms with Crippen LogP contribution in [0.25, 0.3) is 11.3 Å². The highest BCUT2D eigenvalue weighted by atomic mass is 32.1. The van der Waals surface area contributed by atoms with E-state index in [4.69, 9.17) is 24.3 Å². The summed E-state index contributed by atoms with van der Waals surface area (Å²) in [6.45, 7) is 0. The Bertz CT molecular complexity index is 1200. The van der Waals surface area contributed by atoms with E-state index < -0.39 is 0 Å². The molecular formula is C25H28FN3O3S. The van der Waals surface area contributed by atoms with Crippen LogP contribution in [0.1, 0.15) is 37.7 Å². The van der Waals surface area contributed by atoms with Crippen LogP contribution < -0.4 is 19.0 Å². The summed E-state index contributed by atoms with van der Waals surface area (Å²) in [4.78, 5) is 5.73. The van der Waals surface area contributed by atoms with Gasteiger partial charge in [-0.2, -0.15) is 5.10 Å². The Morgan fingerprint density at radius 3 is 2.36 bits per heavy atom. The zero-order chi connectivity index (χ0) is 23.2. The van der Waals surface area contributed by atoms with Crippen molar-refractivity contribution in [2.75, 3.05) is 21.3 Å². The summed E-state index contributed by atoms with van der Waals surface area (Å²) in [5.41, 5.74) is 1.84. The standard InChI is InChI=1S/C25H28FN3O3S/c1-30-22-14-24(32-3)23(31-2)13-17(22)15-27-29-21(19-11-7-8-12-20(19)26)16-33-25(29)28-18-9-5-4-6-10-18/h7-8,11-16,18H,4-6,9-10H2,1-3H3. The van der Waals surface area contributed by atoms with Gasteiger partial charge in [0, 0.05) is 22.6 Å². The molecule has 0 unspecified atom stereocenters. The topological polar surface area (TPSA) is 57.3 Å².